The summed E-state index contributed by atoms with van der Waals surface area (Å²) < 4.78 is 15.7. The van der Waals surface area contributed by atoms with Crippen molar-refractivity contribution in [1.29, 1.82) is 0 Å². The molecule has 0 radical (unpaired) electrons. The van der Waals surface area contributed by atoms with E-state index in [0.717, 1.165) is 18.8 Å². The van der Waals surface area contributed by atoms with E-state index < -0.39 is 11.8 Å². The smallest absolute Gasteiger partial charge is 0.273 e. The summed E-state index contributed by atoms with van der Waals surface area (Å²) in [5.41, 5.74) is 6.47. The molecule has 0 fully saturated rings. The van der Waals surface area contributed by atoms with Gasteiger partial charge in [0.05, 0.1) is 26.9 Å². The van der Waals surface area contributed by atoms with Gasteiger partial charge in [0, 0.05) is 36.5 Å². The molecule has 0 saturated carbocycles. The lowest BCUT2D eigenvalue weighted by Crippen LogP contribution is -2.41. The maximum atomic E-state index is 12.5. The Kier molecular flexibility index (Phi) is 7.70. The summed E-state index contributed by atoms with van der Waals surface area (Å²) in [5.74, 6) is 0.118. The highest BCUT2D eigenvalue weighted by molar-refractivity contribution is 6.01. The van der Waals surface area contributed by atoms with Gasteiger partial charge >= 0.3 is 0 Å². The van der Waals surface area contributed by atoms with Crippen molar-refractivity contribution in [2.75, 3.05) is 39.3 Å². The minimum Gasteiger partial charge on any atom is -0.496 e. The van der Waals surface area contributed by atoms with E-state index in [1.165, 1.54) is 27.4 Å². The third-order valence-electron chi connectivity index (χ3n) is 4.50. The van der Waals surface area contributed by atoms with Crippen LogP contribution < -0.4 is 30.0 Å². The normalized spacial score (nSPS) is 10.1. The predicted octanol–water partition coefficient (Wildman–Crippen LogP) is 2.63. The molecule has 2 aromatic carbocycles. The third kappa shape index (κ3) is 5.10. The molecule has 0 saturated heterocycles. The molecule has 0 unspecified atom stereocenters. The van der Waals surface area contributed by atoms with E-state index in [1.807, 2.05) is 12.1 Å². The zero-order valence-corrected chi connectivity index (χ0v) is 17.4. The fraction of sp³-hybridized carbons (Fsp3) is 0.333. The number of benzene rings is 2. The SMILES string of the molecule is CCN(CC)c1ccc(C(=O)NNC(=O)c2cc(OC)c(OC)cc2OC)cc1. The Morgan fingerprint density at radius 1 is 0.793 bits per heavy atom. The molecule has 0 bridgehead atoms. The zero-order chi connectivity index (χ0) is 21.4. The van der Waals surface area contributed by atoms with Crippen molar-refractivity contribution in [3.63, 3.8) is 0 Å². The van der Waals surface area contributed by atoms with Gasteiger partial charge in [-0.1, -0.05) is 0 Å². The number of carbonyl (C=O) groups is 2. The van der Waals surface area contributed by atoms with E-state index in [4.69, 9.17) is 14.2 Å². The first kappa shape index (κ1) is 21.9. The van der Waals surface area contributed by atoms with Crippen LogP contribution in [0, 0.1) is 0 Å². The second-order valence-electron chi connectivity index (χ2n) is 6.03. The molecule has 8 heteroatoms. The van der Waals surface area contributed by atoms with Crippen LogP contribution in [0.3, 0.4) is 0 Å². The summed E-state index contributed by atoms with van der Waals surface area (Å²) in [6.07, 6.45) is 0. The quantitative estimate of drug-likeness (QED) is 0.661. The van der Waals surface area contributed by atoms with Gasteiger partial charge in [-0.05, 0) is 38.1 Å². The van der Waals surface area contributed by atoms with Crippen LogP contribution >= 0.6 is 0 Å². The number of anilines is 1. The van der Waals surface area contributed by atoms with Gasteiger partial charge in [-0.2, -0.15) is 0 Å². The van der Waals surface area contributed by atoms with Crippen LogP contribution in [0.25, 0.3) is 0 Å². The van der Waals surface area contributed by atoms with Gasteiger partial charge in [0.2, 0.25) is 0 Å². The lowest BCUT2D eigenvalue weighted by molar-refractivity contribution is 0.0844. The Morgan fingerprint density at radius 2 is 1.31 bits per heavy atom. The average molecular weight is 401 g/mol. The number of amides is 2. The highest BCUT2D eigenvalue weighted by Gasteiger charge is 2.18. The van der Waals surface area contributed by atoms with Crippen molar-refractivity contribution in [2.45, 2.75) is 13.8 Å². The first-order chi connectivity index (χ1) is 14.0. The summed E-state index contributed by atoms with van der Waals surface area (Å²) in [5, 5.41) is 0. The molecule has 0 aliphatic carbocycles. The topological polar surface area (TPSA) is 89.1 Å². The Morgan fingerprint density at radius 3 is 1.83 bits per heavy atom. The largest absolute Gasteiger partial charge is 0.496 e. The molecule has 2 rings (SSSR count). The van der Waals surface area contributed by atoms with Gasteiger partial charge in [-0.15, -0.1) is 0 Å². The maximum absolute atomic E-state index is 12.5. The molecule has 0 atom stereocenters. The Hall–Kier alpha value is -3.42. The molecule has 2 N–H and O–H groups in total. The van der Waals surface area contributed by atoms with E-state index >= 15 is 0 Å². The van der Waals surface area contributed by atoms with Crippen molar-refractivity contribution in [3.8, 4) is 17.2 Å². The molecule has 2 aromatic rings. The number of hydrazine groups is 1. The Balaban J connectivity index is 2.09. The molecule has 2 amide bonds. The summed E-state index contributed by atoms with van der Waals surface area (Å²) in [6, 6.07) is 10.2. The van der Waals surface area contributed by atoms with Crippen LogP contribution in [0.4, 0.5) is 5.69 Å². The van der Waals surface area contributed by atoms with Crippen LogP contribution in [0.2, 0.25) is 0 Å². The first-order valence-electron chi connectivity index (χ1n) is 9.24. The molecular formula is C21H27N3O5. The van der Waals surface area contributed by atoms with Crippen molar-refractivity contribution >= 4 is 17.5 Å². The van der Waals surface area contributed by atoms with Crippen molar-refractivity contribution < 1.29 is 23.8 Å². The van der Waals surface area contributed by atoms with E-state index in [0.29, 0.717) is 17.1 Å². The predicted molar refractivity (Wildman–Crippen MR) is 111 cm³/mol. The fourth-order valence-electron chi connectivity index (χ4n) is 2.87. The highest BCUT2D eigenvalue weighted by Crippen LogP contribution is 2.34. The molecule has 0 spiro atoms. The van der Waals surface area contributed by atoms with E-state index in [-0.39, 0.29) is 11.3 Å². The van der Waals surface area contributed by atoms with Crippen LogP contribution in [0.1, 0.15) is 34.6 Å². The second kappa shape index (κ2) is 10.2. The molecule has 0 aliphatic rings. The van der Waals surface area contributed by atoms with Gasteiger partial charge in [0.15, 0.2) is 11.5 Å². The van der Waals surface area contributed by atoms with Crippen LogP contribution in [0.5, 0.6) is 17.2 Å². The van der Waals surface area contributed by atoms with Gasteiger partial charge in [0.25, 0.3) is 11.8 Å². The maximum Gasteiger partial charge on any atom is 0.273 e. The number of hydrogen-bond acceptors (Lipinski definition) is 6. The third-order valence-corrected chi connectivity index (χ3v) is 4.50. The zero-order valence-electron chi connectivity index (χ0n) is 17.4. The number of rotatable bonds is 8. The number of methoxy groups -OCH3 is 3. The summed E-state index contributed by atoms with van der Waals surface area (Å²) in [4.78, 5) is 27.1. The second-order valence-corrected chi connectivity index (χ2v) is 6.03. The lowest BCUT2D eigenvalue weighted by Gasteiger charge is -2.21. The van der Waals surface area contributed by atoms with Gasteiger partial charge in [-0.3, -0.25) is 20.4 Å². The average Bonchev–Trinajstić information content (AvgIpc) is 2.77. The number of carbonyl (C=O) groups excluding carboxylic acids is 2. The molecule has 156 valence electrons. The van der Waals surface area contributed by atoms with Crippen LogP contribution in [-0.2, 0) is 0 Å². The van der Waals surface area contributed by atoms with Gasteiger partial charge < -0.3 is 19.1 Å². The lowest BCUT2D eigenvalue weighted by atomic mass is 10.1. The number of hydrogen-bond donors (Lipinski definition) is 2. The molecule has 0 heterocycles. The number of nitrogens with one attached hydrogen (secondary N) is 2. The Labute approximate surface area is 170 Å². The fourth-order valence-corrected chi connectivity index (χ4v) is 2.87. The van der Waals surface area contributed by atoms with E-state index in [9.17, 15) is 9.59 Å². The van der Waals surface area contributed by atoms with Crippen LogP contribution in [0.15, 0.2) is 36.4 Å². The van der Waals surface area contributed by atoms with Crippen molar-refractivity contribution in [3.05, 3.63) is 47.5 Å². The van der Waals surface area contributed by atoms with Gasteiger partial charge in [-0.25, -0.2) is 0 Å². The highest BCUT2D eigenvalue weighted by atomic mass is 16.5. The van der Waals surface area contributed by atoms with Gasteiger partial charge in [0.1, 0.15) is 5.75 Å². The van der Waals surface area contributed by atoms with E-state index in [1.54, 1.807) is 18.2 Å². The molecule has 0 aliphatic heterocycles. The molecule has 8 nitrogen and oxygen atoms in total. The van der Waals surface area contributed by atoms with Crippen molar-refractivity contribution in [1.82, 2.24) is 10.9 Å². The molecule has 29 heavy (non-hydrogen) atoms. The van der Waals surface area contributed by atoms with E-state index in [2.05, 4.69) is 29.6 Å². The summed E-state index contributed by atoms with van der Waals surface area (Å²) in [6.45, 7) is 5.90. The first-order valence-corrected chi connectivity index (χ1v) is 9.24. The number of ether oxygens (including phenoxy) is 3. The monoisotopic (exact) mass is 401 g/mol. The minimum atomic E-state index is -0.545. The minimum absolute atomic E-state index is 0.197. The summed E-state index contributed by atoms with van der Waals surface area (Å²) in [7, 11) is 4.40. The molecular weight excluding hydrogens is 374 g/mol. The number of nitrogens with zero attached hydrogens (tertiary/aromatic N) is 1. The Bertz CT molecular complexity index is 848. The van der Waals surface area contributed by atoms with Crippen LogP contribution in [-0.4, -0.2) is 46.2 Å². The summed E-state index contributed by atoms with van der Waals surface area (Å²) >= 11 is 0. The standard InChI is InChI=1S/C21H27N3O5/c1-6-24(7-2)15-10-8-14(9-11-15)20(25)22-23-21(26)16-12-18(28-4)19(29-5)13-17(16)27-3/h8-13H,6-7H2,1-5H3,(H,22,25)(H,23,26). The van der Waals surface area contributed by atoms with Crippen molar-refractivity contribution in [2.24, 2.45) is 0 Å². The molecule has 0 aromatic heterocycles.